The lowest BCUT2D eigenvalue weighted by Gasteiger charge is -2.08. The van der Waals surface area contributed by atoms with Crippen molar-refractivity contribution < 1.29 is 4.74 Å². The van der Waals surface area contributed by atoms with Crippen LogP contribution >= 0.6 is 24.2 Å². The predicted octanol–water partition coefficient (Wildman–Crippen LogP) is 5.97. The Bertz CT molecular complexity index is 1130. The number of thiol groups is 1. The maximum Gasteiger partial charge on any atom is 0.152 e. The Kier molecular flexibility index (Phi) is 7.63. The van der Waals surface area contributed by atoms with Crippen molar-refractivity contribution in [2.75, 3.05) is 19.5 Å². The van der Waals surface area contributed by atoms with Crippen LogP contribution in [0.15, 0.2) is 65.7 Å². The number of methoxy groups -OCH3 is 1. The molecule has 0 radical (unpaired) electrons. The highest BCUT2D eigenvalue weighted by molar-refractivity contribution is 7.80. The van der Waals surface area contributed by atoms with E-state index in [1.54, 1.807) is 7.11 Å². The summed E-state index contributed by atoms with van der Waals surface area (Å²) in [5.74, 6) is 0.850. The molecule has 0 bridgehead atoms. The summed E-state index contributed by atoms with van der Waals surface area (Å²) in [6.07, 6.45) is 2.03. The molecule has 0 fully saturated rings. The van der Waals surface area contributed by atoms with Gasteiger partial charge in [-0.2, -0.15) is 0 Å². The largest absolute Gasteiger partial charge is 0.497 e. The van der Waals surface area contributed by atoms with Gasteiger partial charge in [-0.05, 0) is 62.0 Å². The molecule has 156 valence electrons. The highest BCUT2D eigenvalue weighted by Crippen LogP contribution is 2.27. The molecule has 7 heteroatoms. The van der Waals surface area contributed by atoms with Gasteiger partial charge in [0.1, 0.15) is 5.75 Å². The second-order valence-corrected chi connectivity index (χ2v) is 7.60. The molecular weight excluding hydrogens is 416 g/mol. The highest BCUT2D eigenvalue weighted by atomic mass is 35.5. The number of pyridine rings is 1. The molecular formula is C23H25ClN4OS. The summed E-state index contributed by atoms with van der Waals surface area (Å²) in [5.41, 5.74) is 5.05. The molecule has 2 aromatic heterocycles. The Morgan fingerprint density at radius 3 is 2.63 bits per heavy atom. The first-order valence-corrected chi connectivity index (χ1v) is 10.3. The molecule has 2 aromatic carbocycles. The van der Waals surface area contributed by atoms with Gasteiger partial charge in [-0.3, -0.25) is 0 Å². The van der Waals surface area contributed by atoms with E-state index >= 15 is 0 Å². The van der Waals surface area contributed by atoms with E-state index in [9.17, 15) is 0 Å². The van der Waals surface area contributed by atoms with Gasteiger partial charge in [0.05, 0.1) is 12.8 Å². The number of aromatic nitrogens is 2. The van der Waals surface area contributed by atoms with Gasteiger partial charge in [0.2, 0.25) is 0 Å². The summed E-state index contributed by atoms with van der Waals surface area (Å²) in [6, 6.07) is 17.7. The number of nitrogens with one attached hydrogen (secondary N) is 3. The average Bonchev–Trinajstić information content (AvgIpc) is 3.13. The van der Waals surface area contributed by atoms with E-state index in [1.807, 2.05) is 62.6 Å². The van der Waals surface area contributed by atoms with Crippen LogP contribution in [0.5, 0.6) is 5.75 Å². The summed E-state index contributed by atoms with van der Waals surface area (Å²) in [4.78, 5) is 8.47. The molecule has 30 heavy (non-hydrogen) atoms. The van der Waals surface area contributed by atoms with Gasteiger partial charge in [0.15, 0.2) is 5.15 Å². The number of hydrogen-bond acceptors (Lipinski definition) is 5. The van der Waals surface area contributed by atoms with Crippen LogP contribution in [-0.2, 0) is 6.54 Å². The number of nitrogens with zero attached hydrogens (tertiary/aromatic N) is 1. The van der Waals surface area contributed by atoms with Gasteiger partial charge < -0.3 is 20.4 Å². The molecule has 4 aromatic rings. The summed E-state index contributed by atoms with van der Waals surface area (Å²) < 4.78 is 4.95. The van der Waals surface area contributed by atoms with Gasteiger partial charge in [0.25, 0.3) is 0 Å². The number of halogens is 1. The van der Waals surface area contributed by atoms with Crippen LogP contribution in [0.1, 0.15) is 11.3 Å². The maximum absolute atomic E-state index is 6.15. The molecule has 0 aliphatic carbocycles. The third-order valence-corrected chi connectivity index (χ3v) is 5.02. The lowest BCUT2D eigenvalue weighted by molar-refractivity contribution is 0.413. The Hall–Kier alpha value is -2.67. The van der Waals surface area contributed by atoms with Crippen LogP contribution in [0, 0.1) is 6.92 Å². The van der Waals surface area contributed by atoms with Gasteiger partial charge in [-0.1, -0.05) is 23.7 Å². The quantitative estimate of drug-likeness (QED) is 0.228. The van der Waals surface area contributed by atoms with Crippen molar-refractivity contribution in [3.05, 3.63) is 77.2 Å². The number of fused-ring (bicyclic) bond motifs is 1. The summed E-state index contributed by atoms with van der Waals surface area (Å²) in [5, 5.41) is 8.18. The van der Waals surface area contributed by atoms with Crippen molar-refractivity contribution in [3.8, 4) is 5.75 Å². The zero-order chi connectivity index (χ0) is 21.5. The van der Waals surface area contributed by atoms with Crippen LogP contribution in [0.4, 0.5) is 11.4 Å². The van der Waals surface area contributed by atoms with Crippen molar-refractivity contribution in [1.29, 1.82) is 0 Å². The standard InChI is InChI=1S/C16H17ClN4.C7H8OS/c1-10-3-6-14(16(17)20-10)21-12-4-5-13-11(8-18-2)9-19-15(13)7-12;1-8-6-3-2-4-7(9)5-6/h3-7,9,18-19,21H,8H2,1-2H3;2-5,9H,1H3. The van der Waals surface area contributed by atoms with Gasteiger partial charge >= 0.3 is 0 Å². The van der Waals surface area contributed by atoms with E-state index in [1.165, 1.54) is 10.9 Å². The van der Waals surface area contributed by atoms with E-state index in [2.05, 4.69) is 45.4 Å². The van der Waals surface area contributed by atoms with Crippen molar-refractivity contribution in [2.45, 2.75) is 18.4 Å². The number of aryl methyl sites for hydroxylation is 1. The zero-order valence-electron chi connectivity index (χ0n) is 17.2. The molecule has 3 N–H and O–H groups in total. The molecule has 5 nitrogen and oxygen atoms in total. The summed E-state index contributed by atoms with van der Waals surface area (Å²) in [6.45, 7) is 2.77. The van der Waals surface area contributed by atoms with Crippen molar-refractivity contribution in [2.24, 2.45) is 0 Å². The number of H-pyrrole nitrogens is 1. The predicted molar refractivity (Wildman–Crippen MR) is 129 cm³/mol. The van der Waals surface area contributed by atoms with Crippen LogP contribution in [0.3, 0.4) is 0 Å². The van der Waals surface area contributed by atoms with Crippen molar-refractivity contribution in [3.63, 3.8) is 0 Å². The van der Waals surface area contributed by atoms with E-state index < -0.39 is 0 Å². The van der Waals surface area contributed by atoms with Crippen LogP contribution < -0.4 is 15.4 Å². The van der Waals surface area contributed by atoms with Crippen molar-refractivity contribution in [1.82, 2.24) is 15.3 Å². The van der Waals surface area contributed by atoms with Gasteiger partial charge in [0, 0.05) is 39.9 Å². The number of anilines is 2. The first-order chi connectivity index (χ1) is 14.5. The average molecular weight is 441 g/mol. The molecule has 0 atom stereocenters. The molecule has 0 spiro atoms. The minimum atomic E-state index is 0.484. The number of ether oxygens (including phenoxy) is 1. The van der Waals surface area contributed by atoms with Gasteiger partial charge in [-0.15, -0.1) is 12.6 Å². The molecule has 0 aliphatic rings. The fourth-order valence-corrected chi connectivity index (χ4v) is 3.44. The molecule has 0 aliphatic heterocycles. The minimum Gasteiger partial charge on any atom is -0.497 e. The number of rotatable bonds is 5. The van der Waals surface area contributed by atoms with Gasteiger partial charge in [-0.25, -0.2) is 4.98 Å². The molecule has 0 amide bonds. The van der Waals surface area contributed by atoms with Crippen LogP contribution in [0.25, 0.3) is 10.9 Å². The monoisotopic (exact) mass is 440 g/mol. The fraction of sp³-hybridized carbons (Fsp3) is 0.174. The third-order valence-electron chi connectivity index (χ3n) is 4.45. The second-order valence-electron chi connectivity index (χ2n) is 6.72. The SMILES string of the molecule is CNCc1c[nH]c2cc(Nc3ccc(C)nc3Cl)ccc12.COc1cccc(S)c1. The molecule has 2 heterocycles. The third kappa shape index (κ3) is 5.69. The Morgan fingerprint density at radius 2 is 1.97 bits per heavy atom. The first kappa shape index (κ1) is 22.0. The molecule has 4 rings (SSSR count). The Morgan fingerprint density at radius 1 is 1.13 bits per heavy atom. The lowest BCUT2D eigenvalue weighted by atomic mass is 10.1. The summed E-state index contributed by atoms with van der Waals surface area (Å²) >= 11 is 10.3. The Balaban J connectivity index is 0.000000239. The minimum absolute atomic E-state index is 0.484. The van der Waals surface area contributed by atoms with E-state index in [4.69, 9.17) is 16.3 Å². The molecule has 0 saturated carbocycles. The van der Waals surface area contributed by atoms with Crippen molar-refractivity contribution >= 4 is 46.5 Å². The second kappa shape index (κ2) is 10.4. The molecule has 0 saturated heterocycles. The number of hydrogen-bond donors (Lipinski definition) is 4. The topological polar surface area (TPSA) is 62.0 Å². The number of benzene rings is 2. The van der Waals surface area contributed by atoms with E-state index in [0.29, 0.717) is 5.15 Å². The zero-order valence-corrected chi connectivity index (χ0v) is 18.8. The first-order valence-electron chi connectivity index (χ1n) is 9.48. The highest BCUT2D eigenvalue weighted by Gasteiger charge is 2.06. The van der Waals surface area contributed by atoms with E-state index in [0.717, 1.165) is 39.8 Å². The van der Waals surface area contributed by atoms with Crippen LogP contribution in [0.2, 0.25) is 5.15 Å². The normalized spacial score (nSPS) is 10.4. The number of aromatic amines is 1. The summed E-state index contributed by atoms with van der Waals surface area (Å²) in [7, 11) is 3.59. The molecule has 0 unspecified atom stereocenters. The lowest BCUT2D eigenvalue weighted by Crippen LogP contribution is -2.03. The fourth-order valence-electron chi connectivity index (χ4n) is 2.99. The smallest absolute Gasteiger partial charge is 0.152 e. The van der Waals surface area contributed by atoms with E-state index in [-0.39, 0.29) is 0 Å². The maximum atomic E-state index is 6.15. The Labute approximate surface area is 187 Å². The van der Waals surface area contributed by atoms with Crippen LogP contribution in [-0.4, -0.2) is 24.1 Å².